The van der Waals surface area contributed by atoms with Gasteiger partial charge in [-0.15, -0.1) is 0 Å². The highest BCUT2D eigenvalue weighted by Gasteiger charge is 2.17. The Morgan fingerprint density at radius 2 is 1.65 bits per heavy atom. The van der Waals surface area contributed by atoms with Crippen molar-refractivity contribution >= 4 is 5.91 Å². The predicted octanol–water partition coefficient (Wildman–Crippen LogP) is 3.18. The predicted molar refractivity (Wildman–Crippen MR) is 89.9 cm³/mol. The molecule has 120 valence electrons. The van der Waals surface area contributed by atoms with Crippen LogP contribution in [0.1, 0.15) is 48.1 Å². The lowest BCUT2D eigenvalue weighted by Gasteiger charge is -2.20. The highest BCUT2D eigenvalue weighted by atomic mass is 16.2. The smallest absolute Gasteiger partial charge is 0.270 e. The molecule has 0 atom stereocenters. The fourth-order valence-electron chi connectivity index (χ4n) is 1.73. The second-order valence-corrected chi connectivity index (χ2v) is 6.15. The van der Waals surface area contributed by atoms with Crippen molar-refractivity contribution in [2.45, 2.75) is 40.2 Å². The number of carbonyl (C=O) groups is 1. The van der Waals surface area contributed by atoms with Crippen LogP contribution >= 0.6 is 0 Å². The summed E-state index contributed by atoms with van der Waals surface area (Å²) >= 11 is 0. The molecule has 0 aliphatic carbocycles. The number of pyridine rings is 2. The Hall–Kier alpha value is -2.74. The van der Waals surface area contributed by atoms with E-state index in [1.165, 1.54) is 0 Å². The van der Waals surface area contributed by atoms with E-state index in [-0.39, 0.29) is 11.4 Å². The standard InChI is InChI=1S/C11H16N2O.C7H6N2/c1-8-6-5-7-12-9(8)10(14)13-11(2,3)4;1-6-3-2-4-9-7(6)5-8/h5-7H,1-4H3,(H,13,14);2-4H,1H3. The molecule has 0 spiro atoms. The number of aromatic nitrogens is 2. The van der Waals surface area contributed by atoms with Gasteiger partial charge >= 0.3 is 0 Å². The molecule has 0 radical (unpaired) electrons. The van der Waals surface area contributed by atoms with Crippen LogP contribution < -0.4 is 5.32 Å². The maximum absolute atomic E-state index is 11.7. The summed E-state index contributed by atoms with van der Waals surface area (Å²) in [6, 6.07) is 9.37. The molecule has 5 nitrogen and oxygen atoms in total. The van der Waals surface area contributed by atoms with Crippen molar-refractivity contribution < 1.29 is 4.79 Å². The molecule has 0 unspecified atom stereocenters. The molecule has 23 heavy (non-hydrogen) atoms. The van der Waals surface area contributed by atoms with E-state index in [2.05, 4.69) is 15.3 Å². The van der Waals surface area contributed by atoms with Crippen LogP contribution in [0.4, 0.5) is 0 Å². The number of rotatable bonds is 1. The number of nitrogens with one attached hydrogen (secondary N) is 1. The summed E-state index contributed by atoms with van der Waals surface area (Å²) in [4.78, 5) is 19.6. The summed E-state index contributed by atoms with van der Waals surface area (Å²) in [5, 5.41) is 11.3. The van der Waals surface area contributed by atoms with Crippen LogP contribution in [0.5, 0.6) is 0 Å². The van der Waals surface area contributed by atoms with E-state index in [0.29, 0.717) is 11.4 Å². The number of amides is 1. The summed E-state index contributed by atoms with van der Waals surface area (Å²) in [5.41, 5.74) is 2.62. The van der Waals surface area contributed by atoms with Gasteiger partial charge in [-0.1, -0.05) is 12.1 Å². The first kappa shape index (κ1) is 18.3. The normalized spacial score (nSPS) is 10.1. The summed E-state index contributed by atoms with van der Waals surface area (Å²) in [5.74, 6) is -0.115. The second-order valence-electron chi connectivity index (χ2n) is 6.15. The van der Waals surface area contributed by atoms with Gasteiger partial charge in [-0.2, -0.15) is 5.26 Å². The second kappa shape index (κ2) is 8.04. The van der Waals surface area contributed by atoms with Crippen molar-refractivity contribution in [2.24, 2.45) is 0 Å². The average molecular weight is 310 g/mol. The number of aryl methyl sites for hydroxylation is 2. The highest BCUT2D eigenvalue weighted by Crippen LogP contribution is 2.06. The summed E-state index contributed by atoms with van der Waals surface area (Å²) in [6.45, 7) is 9.59. The topological polar surface area (TPSA) is 78.7 Å². The lowest BCUT2D eigenvalue weighted by Crippen LogP contribution is -2.41. The van der Waals surface area contributed by atoms with Gasteiger partial charge in [-0.3, -0.25) is 9.78 Å². The van der Waals surface area contributed by atoms with Gasteiger partial charge in [-0.05, 0) is 57.9 Å². The van der Waals surface area contributed by atoms with Gasteiger partial charge in [0, 0.05) is 17.9 Å². The van der Waals surface area contributed by atoms with Crippen LogP contribution in [-0.2, 0) is 0 Å². The van der Waals surface area contributed by atoms with E-state index in [0.717, 1.165) is 11.1 Å². The van der Waals surface area contributed by atoms with Crippen molar-refractivity contribution in [1.29, 1.82) is 5.26 Å². The number of hydrogen-bond donors (Lipinski definition) is 1. The van der Waals surface area contributed by atoms with E-state index in [9.17, 15) is 4.79 Å². The van der Waals surface area contributed by atoms with E-state index in [1.807, 2.05) is 65.0 Å². The Balaban J connectivity index is 0.000000253. The van der Waals surface area contributed by atoms with Crippen LogP contribution in [-0.4, -0.2) is 21.4 Å². The van der Waals surface area contributed by atoms with E-state index in [4.69, 9.17) is 5.26 Å². The molecule has 2 aromatic rings. The van der Waals surface area contributed by atoms with Crippen LogP contribution in [0, 0.1) is 25.2 Å². The number of carbonyl (C=O) groups excluding carboxylic acids is 1. The zero-order valence-corrected chi connectivity index (χ0v) is 14.2. The minimum Gasteiger partial charge on any atom is -0.346 e. The van der Waals surface area contributed by atoms with Gasteiger partial charge in [0.25, 0.3) is 5.91 Å². The molecule has 0 aliphatic heterocycles. The number of nitriles is 1. The Kier molecular flexibility index (Phi) is 6.40. The molecule has 2 heterocycles. The fraction of sp³-hybridized carbons (Fsp3) is 0.333. The van der Waals surface area contributed by atoms with Crippen LogP contribution in [0.15, 0.2) is 36.7 Å². The van der Waals surface area contributed by atoms with Crippen molar-refractivity contribution in [1.82, 2.24) is 15.3 Å². The average Bonchev–Trinajstić information content (AvgIpc) is 2.47. The first-order chi connectivity index (χ1) is 10.7. The van der Waals surface area contributed by atoms with E-state index in [1.54, 1.807) is 12.4 Å². The summed E-state index contributed by atoms with van der Waals surface area (Å²) in [6.07, 6.45) is 3.25. The van der Waals surface area contributed by atoms with Crippen molar-refractivity contribution in [3.63, 3.8) is 0 Å². The molecule has 2 aromatic heterocycles. The molecule has 1 amide bonds. The Labute approximate surface area is 137 Å². The number of nitrogens with zero attached hydrogens (tertiary/aromatic N) is 3. The summed E-state index contributed by atoms with van der Waals surface area (Å²) < 4.78 is 0. The lowest BCUT2D eigenvalue weighted by molar-refractivity contribution is 0.0913. The van der Waals surface area contributed by atoms with Gasteiger partial charge in [0.05, 0.1) is 0 Å². The molecule has 0 saturated heterocycles. The minimum absolute atomic E-state index is 0.115. The summed E-state index contributed by atoms with van der Waals surface area (Å²) in [7, 11) is 0. The Bertz CT molecular complexity index is 711. The third-order valence-electron chi connectivity index (χ3n) is 2.83. The molecule has 0 aromatic carbocycles. The third-order valence-corrected chi connectivity index (χ3v) is 2.83. The van der Waals surface area contributed by atoms with Crippen molar-refractivity contribution in [3.8, 4) is 6.07 Å². The largest absolute Gasteiger partial charge is 0.346 e. The Morgan fingerprint density at radius 1 is 1.09 bits per heavy atom. The van der Waals surface area contributed by atoms with Crippen molar-refractivity contribution in [2.75, 3.05) is 0 Å². The van der Waals surface area contributed by atoms with Gasteiger partial charge in [0.15, 0.2) is 0 Å². The molecule has 0 bridgehead atoms. The van der Waals surface area contributed by atoms with Gasteiger partial charge in [0.1, 0.15) is 17.5 Å². The molecular weight excluding hydrogens is 288 g/mol. The molecule has 5 heteroatoms. The SMILES string of the molecule is Cc1cccnc1C#N.Cc1cccnc1C(=O)NC(C)(C)C. The lowest BCUT2D eigenvalue weighted by atomic mass is 10.1. The maximum Gasteiger partial charge on any atom is 0.270 e. The fourth-order valence-corrected chi connectivity index (χ4v) is 1.73. The van der Waals surface area contributed by atoms with Crippen LogP contribution in [0.25, 0.3) is 0 Å². The molecule has 0 fully saturated rings. The van der Waals surface area contributed by atoms with Gasteiger partial charge in [-0.25, -0.2) is 4.98 Å². The Morgan fingerprint density at radius 3 is 2.09 bits per heavy atom. The van der Waals surface area contributed by atoms with Gasteiger partial charge in [0.2, 0.25) is 0 Å². The van der Waals surface area contributed by atoms with Gasteiger partial charge < -0.3 is 5.32 Å². The molecule has 2 rings (SSSR count). The van der Waals surface area contributed by atoms with E-state index >= 15 is 0 Å². The minimum atomic E-state index is -0.221. The van der Waals surface area contributed by atoms with Crippen molar-refractivity contribution in [3.05, 3.63) is 59.2 Å². The first-order valence-electron chi connectivity index (χ1n) is 7.30. The zero-order valence-electron chi connectivity index (χ0n) is 14.2. The molecule has 0 aliphatic rings. The van der Waals surface area contributed by atoms with E-state index < -0.39 is 0 Å². The maximum atomic E-state index is 11.7. The number of hydrogen-bond acceptors (Lipinski definition) is 4. The van der Waals surface area contributed by atoms with Crippen LogP contribution in [0.3, 0.4) is 0 Å². The monoisotopic (exact) mass is 310 g/mol. The molecule has 1 N–H and O–H groups in total. The first-order valence-corrected chi connectivity index (χ1v) is 7.30. The quantitative estimate of drug-likeness (QED) is 0.877. The molecular formula is C18H22N4O. The highest BCUT2D eigenvalue weighted by molar-refractivity contribution is 5.93. The third kappa shape index (κ3) is 6.27. The van der Waals surface area contributed by atoms with Crippen LogP contribution in [0.2, 0.25) is 0 Å². The molecule has 0 saturated carbocycles. The zero-order chi connectivity index (χ0) is 17.5.